The van der Waals surface area contributed by atoms with Crippen molar-refractivity contribution in [3.05, 3.63) is 64.0 Å². The number of fused-ring (bicyclic) bond motifs is 2. The first kappa shape index (κ1) is 21.5. The van der Waals surface area contributed by atoms with Crippen molar-refractivity contribution < 1.29 is 18.0 Å². The number of nitrogens with one attached hydrogen (secondary N) is 1. The summed E-state index contributed by atoms with van der Waals surface area (Å²) in [5.41, 5.74) is -0.135. The van der Waals surface area contributed by atoms with Gasteiger partial charge in [0.2, 0.25) is 5.91 Å². The van der Waals surface area contributed by atoms with Crippen LogP contribution < -0.4 is 10.9 Å². The topological polar surface area (TPSA) is 94.2 Å². The Morgan fingerprint density at radius 1 is 1.12 bits per heavy atom. The van der Waals surface area contributed by atoms with E-state index in [4.69, 9.17) is 0 Å². The van der Waals surface area contributed by atoms with Crippen LogP contribution in [-0.4, -0.2) is 30.3 Å². The molecule has 0 radical (unpaired) electrons. The summed E-state index contributed by atoms with van der Waals surface area (Å²) in [5, 5.41) is 11.3. The van der Waals surface area contributed by atoms with Crippen molar-refractivity contribution in [2.75, 3.05) is 5.32 Å². The number of hydrogen-bond acceptors (Lipinski definition) is 5. The number of carbonyl (C=O) groups excluding carboxylic acids is 1. The highest BCUT2D eigenvalue weighted by Crippen LogP contribution is 2.32. The summed E-state index contributed by atoms with van der Waals surface area (Å²) >= 11 is 0. The van der Waals surface area contributed by atoms with Gasteiger partial charge in [0.25, 0.3) is 5.56 Å². The maximum absolute atomic E-state index is 13.1. The molecule has 1 N–H and O–H groups in total. The molecular formula is C21H19F3N6O2. The molecule has 1 amide bonds. The van der Waals surface area contributed by atoms with Gasteiger partial charge in [-0.05, 0) is 43.2 Å². The van der Waals surface area contributed by atoms with Crippen LogP contribution in [0.15, 0.2) is 41.3 Å². The number of pyridine rings is 1. The monoisotopic (exact) mass is 444 g/mol. The molecule has 4 aromatic rings. The number of hydrogen-bond donors (Lipinski definition) is 1. The zero-order valence-electron chi connectivity index (χ0n) is 17.4. The van der Waals surface area contributed by atoms with Crippen molar-refractivity contribution in [1.29, 1.82) is 0 Å². The molecule has 0 saturated heterocycles. The fourth-order valence-electron chi connectivity index (χ4n) is 3.43. The molecule has 0 aliphatic heterocycles. The first-order valence-corrected chi connectivity index (χ1v) is 9.78. The SMILES string of the molecule is Cc1nc2ccc(NC(=O)Cn3nc(C(C)C)c4cc(C(F)(F)F)ccc4c3=O)cn2n1. The fourth-order valence-corrected chi connectivity index (χ4v) is 3.43. The smallest absolute Gasteiger partial charge is 0.323 e. The van der Waals surface area contributed by atoms with Gasteiger partial charge < -0.3 is 5.32 Å². The van der Waals surface area contributed by atoms with Crippen molar-refractivity contribution in [2.45, 2.75) is 39.4 Å². The van der Waals surface area contributed by atoms with E-state index in [1.165, 1.54) is 4.52 Å². The molecule has 0 aliphatic rings. The Balaban J connectivity index is 1.67. The van der Waals surface area contributed by atoms with Crippen LogP contribution in [0.2, 0.25) is 0 Å². The Morgan fingerprint density at radius 2 is 1.88 bits per heavy atom. The van der Waals surface area contributed by atoms with Gasteiger partial charge in [-0.2, -0.15) is 23.4 Å². The lowest BCUT2D eigenvalue weighted by molar-refractivity contribution is -0.137. The standard InChI is InChI=1S/C21H19F3N6O2/c1-11(2)19-16-8-13(21(22,23)24)4-6-15(16)20(32)30(28-19)10-18(31)26-14-5-7-17-25-12(3)27-29(17)9-14/h4-9,11H,10H2,1-3H3,(H,26,31). The van der Waals surface area contributed by atoms with Crippen LogP contribution in [0.1, 0.15) is 36.8 Å². The van der Waals surface area contributed by atoms with E-state index in [0.29, 0.717) is 22.9 Å². The summed E-state index contributed by atoms with van der Waals surface area (Å²) in [6, 6.07) is 6.25. The molecule has 0 atom stereocenters. The highest BCUT2D eigenvalue weighted by atomic mass is 19.4. The average molecular weight is 444 g/mol. The summed E-state index contributed by atoms with van der Waals surface area (Å²) < 4.78 is 41.9. The largest absolute Gasteiger partial charge is 0.416 e. The Bertz CT molecular complexity index is 1400. The van der Waals surface area contributed by atoms with Crippen molar-refractivity contribution in [1.82, 2.24) is 24.4 Å². The van der Waals surface area contributed by atoms with Crippen LogP contribution in [-0.2, 0) is 17.5 Å². The number of amides is 1. The van der Waals surface area contributed by atoms with E-state index < -0.39 is 29.8 Å². The van der Waals surface area contributed by atoms with E-state index in [9.17, 15) is 22.8 Å². The number of nitrogens with zero attached hydrogens (tertiary/aromatic N) is 5. The fraction of sp³-hybridized carbons (Fsp3) is 0.286. The molecule has 1 aromatic carbocycles. The number of aromatic nitrogens is 5. The van der Waals surface area contributed by atoms with Gasteiger partial charge in [0.05, 0.1) is 28.5 Å². The lowest BCUT2D eigenvalue weighted by atomic mass is 10.0. The van der Waals surface area contributed by atoms with E-state index in [0.717, 1.165) is 22.9 Å². The van der Waals surface area contributed by atoms with E-state index in [1.54, 1.807) is 39.1 Å². The minimum atomic E-state index is -4.54. The Morgan fingerprint density at radius 3 is 2.56 bits per heavy atom. The molecule has 11 heteroatoms. The Hall–Kier alpha value is -3.76. The van der Waals surface area contributed by atoms with E-state index in [1.807, 2.05) is 0 Å². The van der Waals surface area contributed by atoms with Crippen LogP contribution in [0, 0.1) is 6.92 Å². The molecular weight excluding hydrogens is 425 g/mol. The normalized spacial score (nSPS) is 12.1. The number of alkyl halides is 3. The third-order valence-corrected chi connectivity index (χ3v) is 4.88. The van der Waals surface area contributed by atoms with Gasteiger partial charge in [-0.15, -0.1) is 0 Å². The molecule has 0 unspecified atom stereocenters. The predicted molar refractivity (Wildman–Crippen MR) is 111 cm³/mol. The highest BCUT2D eigenvalue weighted by molar-refractivity contribution is 5.91. The first-order valence-electron chi connectivity index (χ1n) is 9.78. The second kappa shape index (κ2) is 7.74. The average Bonchev–Trinajstić information content (AvgIpc) is 3.08. The van der Waals surface area contributed by atoms with Crippen LogP contribution >= 0.6 is 0 Å². The van der Waals surface area contributed by atoms with Crippen LogP contribution in [0.4, 0.5) is 18.9 Å². The Kier molecular flexibility index (Phi) is 5.19. The number of anilines is 1. The molecule has 166 valence electrons. The molecule has 4 rings (SSSR count). The van der Waals surface area contributed by atoms with Gasteiger partial charge in [0, 0.05) is 5.39 Å². The minimum Gasteiger partial charge on any atom is -0.323 e. The number of halogens is 3. The predicted octanol–water partition coefficient (Wildman–Crippen LogP) is 3.53. The zero-order valence-corrected chi connectivity index (χ0v) is 17.4. The van der Waals surface area contributed by atoms with Gasteiger partial charge in [-0.1, -0.05) is 13.8 Å². The maximum atomic E-state index is 13.1. The van der Waals surface area contributed by atoms with Gasteiger partial charge in [-0.25, -0.2) is 14.2 Å². The molecule has 0 bridgehead atoms. The van der Waals surface area contributed by atoms with Crippen LogP contribution in [0.5, 0.6) is 0 Å². The zero-order chi connectivity index (χ0) is 23.2. The Labute approximate surface area is 179 Å². The molecule has 0 saturated carbocycles. The number of benzene rings is 1. The second-order valence-corrected chi connectivity index (χ2v) is 7.69. The van der Waals surface area contributed by atoms with Gasteiger partial charge in [-0.3, -0.25) is 9.59 Å². The van der Waals surface area contributed by atoms with Crippen LogP contribution in [0.3, 0.4) is 0 Å². The van der Waals surface area contributed by atoms with Crippen molar-refractivity contribution in [3.8, 4) is 0 Å². The minimum absolute atomic E-state index is 0.0732. The summed E-state index contributed by atoms with van der Waals surface area (Å²) in [5.74, 6) is -0.208. The molecule has 32 heavy (non-hydrogen) atoms. The molecule has 3 aromatic heterocycles. The second-order valence-electron chi connectivity index (χ2n) is 7.69. The van der Waals surface area contributed by atoms with E-state index in [-0.39, 0.29) is 16.7 Å². The molecule has 3 heterocycles. The van der Waals surface area contributed by atoms with Crippen LogP contribution in [0.25, 0.3) is 16.4 Å². The summed E-state index contributed by atoms with van der Waals surface area (Å²) in [6.07, 6.45) is -2.96. The molecule has 0 fully saturated rings. The molecule has 0 aliphatic carbocycles. The molecule has 8 nitrogen and oxygen atoms in total. The quantitative estimate of drug-likeness (QED) is 0.520. The maximum Gasteiger partial charge on any atom is 0.416 e. The van der Waals surface area contributed by atoms with Gasteiger partial charge >= 0.3 is 6.18 Å². The number of aryl methyl sites for hydroxylation is 1. The van der Waals surface area contributed by atoms with E-state index >= 15 is 0 Å². The van der Waals surface area contributed by atoms with Crippen molar-refractivity contribution in [2.24, 2.45) is 0 Å². The first-order chi connectivity index (χ1) is 15.0. The lowest BCUT2D eigenvalue weighted by Crippen LogP contribution is -2.31. The van der Waals surface area contributed by atoms with Crippen molar-refractivity contribution in [3.63, 3.8) is 0 Å². The lowest BCUT2D eigenvalue weighted by Gasteiger charge is -2.15. The third-order valence-electron chi connectivity index (χ3n) is 4.88. The van der Waals surface area contributed by atoms with E-state index in [2.05, 4.69) is 20.5 Å². The summed E-state index contributed by atoms with van der Waals surface area (Å²) in [6.45, 7) is 4.86. The number of carbonyl (C=O) groups is 1. The molecule has 0 spiro atoms. The number of rotatable bonds is 4. The van der Waals surface area contributed by atoms with Gasteiger partial charge in [0.1, 0.15) is 12.4 Å². The summed E-state index contributed by atoms with van der Waals surface area (Å²) in [7, 11) is 0. The van der Waals surface area contributed by atoms with Gasteiger partial charge in [0.15, 0.2) is 5.65 Å². The third kappa shape index (κ3) is 4.05. The summed E-state index contributed by atoms with van der Waals surface area (Å²) in [4.78, 5) is 29.6. The van der Waals surface area contributed by atoms with Crippen molar-refractivity contribution >= 4 is 28.0 Å². The highest BCUT2D eigenvalue weighted by Gasteiger charge is 2.31.